The first-order chi connectivity index (χ1) is 7.13. The van der Waals surface area contributed by atoms with E-state index in [0.29, 0.717) is 0 Å². The second-order valence-electron chi connectivity index (χ2n) is 3.56. The molecule has 0 fully saturated rings. The van der Waals surface area contributed by atoms with Gasteiger partial charge in [-0.2, -0.15) is 0 Å². The van der Waals surface area contributed by atoms with Crippen LogP contribution in [0.25, 0.3) is 0 Å². The van der Waals surface area contributed by atoms with Crippen LogP contribution in [0.5, 0.6) is 0 Å². The third-order valence-corrected chi connectivity index (χ3v) is 1.69. The zero-order valence-corrected chi connectivity index (χ0v) is 10.7. The zero-order valence-electron chi connectivity index (χ0n) is 9.06. The number of nitrogens with zero attached hydrogens (tertiary/aromatic N) is 2. The SMILES string of the molecule is CN1C=C(Cl)C=[N+](C)CC1.F[P-](F)(F)(F)(F)F. The molecule has 1 rings (SSSR count). The third kappa shape index (κ3) is 18.1. The summed E-state index contributed by atoms with van der Waals surface area (Å²) in [5.41, 5.74) is 0. The van der Waals surface area contributed by atoms with Crippen LogP contribution in [-0.4, -0.2) is 42.9 Å². The summed E-state index contributed by atoms with van der Waals surface area (Å²) in [6.07, 6.45) is 3.87. The Balaban J connectivity index is 0.000000325. The average Bonchev–Trinajstić information content (AvgIpc) is 2.05. The zero-order chi connectivity index (χ0) is 14.0. The topological polar surface area (TPSA) is 6.25 Å². The molecule has 0 atom stereocenters. The first-order valence-electron chi connectivity index (χ1n) is 4.32. The van der Waals surface area contributed by atoms with E-state index in [-0.39, 0.29) is 0 Å². The van der Waals surface area contributed by atoms with E-state index in [4.69, 9.17) is 11.6 Å². The minimum atomic E-state index is -10.7. The second-order valence-corrected chi connectivity index (χ2v) is 5.92. The van der Waals surface area contributed by atoms with Crippen molar-refractivity contribution < 1.29 is 29.8 Å². The molecule has 10 heteroatoms. The van der Waals surface area contributed by atoms with Crippen LogP contribution in [0.1, 0.15) is 0 Å². The van der Waals surface area contributed by atoms with Crippen molar-refractivity contribution in [3.8, 4) is 0 Å². The van der Waals surface area contributed by atoms with Gasteiger partial charge in [0.05, 0.1) is 6.54 Å². The molecule has 0 aliphatic carbocycles. The first kappa shape index (κ1) is 16.5. The predicted octanol–water partition coefficient (Wildman–Crippen LogP) is 4.11. The van der Waals surface area contributed by atoms with Gasteiger partial charge in [0.2, 0.25) is 0 Å². The Morgan fingerprint density at radius 2 is 1.65 bits per heavy atom. The molecule has 2 nitrogen and oxygen atoms in total. The van der Waals surface area contributed by atoms with Crippen molar-refractivity contribution in [3.63, 3.8) is 0 Å². The van der Waals surface area contributed by atoms with E-state index >= 15 is 0 Å². The van der Waals surface area contributed by atoms with Gasteiger partial charge >= 0.3 is 33.0 Å². The van der Waals surface area contributed by atoms with Gasteiger partial charge in [-0.3, -0.25) is 0 Å². The van der Waals surface area contributed by atoms with Crippen LogP contribution in [0, 0.1) is 0 Å². The minimum absolute atomic E-state index is 0.794. The molecule has 0 radical (unpaired) electrons. The summed E-state index contributed by atoms with van der Waals surface area (Å²) >= 11 is 5.83. The molecule has 0 saturated carbocycles. The van der Waals surface area contributed by atoms with Gasteiger partial charge in [0.25, 0.3) is 0 Å². The summed E-state index contributed by atoms with van der Waals surface area (Å²) in [4.78, 5) is 2.09. The van der Waals surface area contributed by atoms with Gasteiger partial charge in [0, 0.05) is 13.2 Å². The quantitative estimate of drug-likeness (QED) is 0.371. The Labute approximate surface area is 99.4 Å². The number of allylic oxidation sites excluding steroid dienone is 1. The molecule has 0 amide bonds. The predicted molar refractivity (Wildman–Crippen MR) is 57.2 cm³/mol. The fourth-order valence-corrected chi connectivity index (χ4v) is 1.23. The molecule has 1 aliphatic heterocycles. The van der Waals surface area contributed by atoms with Gasteiger partial charge in [0.1, 0.15) is 12.1 Å². The van der Waals surface area contributed by atoms with Crippen molar-refractivity contribution in [1.29, 1.82) is 0 Å². The number of hydrogen-bond donors (Lipinski definition) is 0. The normalized spacial score (nSPS) is 21.1. The standard InChI is InChI=1S/C7H12ClN2.F6P/c1-9-3-4-10(2)6-7(8)5-9;1-7(2,3,4,5)6/h5-6H,3-4H2,1-2H3;/q+1;-1. The van der Waals surface area contributed by atoms with E-state index in [2.05, 4.69) is 9.48 Å². The van der Waals surface area contributed by atoms with Crippen molar-refractivity contribution >= 4 is 25.6 Å². The third-order valence-electron chi connectivity index (χ3n) is 1.49. The van der Waals surface area contributed by atoms with E-state index in [1.807, 2.05) is 26.5 Å². The number of likely N-dealkylation sites (N-methyl/N-ethyl adjacent to an activating group) is 2. The van der Waals surface area contributed by atoms with Crippen LogP contribution in [0.4, 0.5) is 25.2 Å². The van der Waals surface area contributed by atoms with Gasteiger partial charge in [-0.1, -0.05) is 11.6 Å². The summed E-state index contributed by atoms with van der Waals surface area (Å²) in [6.45, 7) is 2.06. The molecular weight excluding hydrogens is 293 g/mol. The summed E-state index contributed by atoms with van der Waals surface area (Å²) < 4.78 is 61.3. The van der Waals surface area contributed by atoms with E-state index in [0.717, 1.165) is 18.1 Å². The summed E-state index contributed by atoms with van der Waals surface area (Å²) in [7, 11) is -6.61. The number of halogens is 7. The Kier molecular flexibility index (Phi) is 4.19. The van der Waals surface area contributed by atoms with Crippen molar-refractivity contribution in [1.82, 2.24) is 4.90 Å². The molecule has 0 saturated heterocycles. The van der Waals surface area contributed by atoms with Crippen molar-refractivity contribution in [2.75, 3.05) is 27.2 Å². The maximum atomic E-state index is 9.87. The summed E-state index contributed by atoms with van der Waals surface area (Å²) in [6, 6.07) is 0. The van der Waals surface area contributed by atoms with Crippen LogP contribution in [-0.2, 0) is 0 Å². The molecule has 17 heavy (non-hydrogen) atoms. The summed E-state index contributed by atoms with van der Waals surface area (Å²) in [5, 5.41) is 0.794. The van der Waals surface area contributed by atoms with Gasteiger partial charge < -0.3 is 4.90 Å². The molecule has 0 unspecified atom stereocenters. The second kappa shape index (κ2) is 4.31. The molecule has 1 heterocycles. The fourth-order valence-electron chi connectivity index (χ4n) is 0.899. The van der Waals surface area contributed by atoms with E-state index in [9.17, 15) is 25.2 Å². The molecule has 0 aromatic rings. The first-order valence-corrected chi connectivity index (χ1v) is 6.73. The maximum absolute atomic E-state index is 10.7. The molecule has 0 bridgehead atoms. The summed E-state index contributed by atoms with van der Waals surface area (Å²) in [5.74, 6) is 0. The van der Waals surface area contributed by atoms with Crippen LogP contribution in [0.2, 0.25) is 0 Å². The molecule has 0 aromatic heterocycles. The number of hydrogen-bond acceptors (Lipinski definition) is 1. The van der Waals surface area contributed by atoms with E-state index in [1.165, 1.54) is 0 Å². The molecule has 104 valence electrons. The van der Waals surface area contributed by atoms with Crippen LogP contribution >= 0.6 is 19.4 Å². The van der Waals surface area contributed by atoms with Crippen LogP contribution in [0.3, 0.4) is 0 Å². The van der Waals surface area contributed by atoms with Crippen molar-refractivity contribution in [3.05, 3.63) is 11.2 Å². The molecule has 0 aromatic carbocycles. The molecule has 0 spiro atoms. The van der Waals surface area contributed by atoms with Gasteiger partial charge in [0.15, 0.2) is 12.8 Å². The van der Waals surface area contributed by atoms with Gasteiger partial charge in [-0.15, -0.1) is 0 Å². The average molecular weight is 305 g/mol. The van der Waals surface area contributed by atoms with Crippen LogP contribution in [0.15, 0.2) is 11.2 Å². The van der Waals surface area contributed by atoms with Crippen molar-refractivity contribution in [2.24, 2.45) is 0 Å². The molecule has 0 N–H and O–H groups in total. The Morgan fingerprint density at radius 1 is 1.24 bits per heavy atom. The fraction of sp³-hybridized carbons (Fsp3) is 0.571. The van der Waals surface area contributed by atoms with Crippen molar-refractivity contribution in [2.45, 2.75) is 0 Å². The van der Waals surface area contributed by atoms with Gasteiger partial charge in [-0.05, 0) is 0 Å². The van der Waals surface area contributed by atoms with E-state index < -0.39 is 7.81 Å². The Bertz CT molecular complexity index is 334. The Hall–Kier alpha value is -0.490. The monoisotopic (exact) mass is 304 g/mol. The van der Waals surface area contributed by atoms with Crippen LogP contribution < -0.4 is 0 Å². The Morgan fingerprint density at radius 3 is 2.06 bits per heavy atom. The van der Waals surface area contributed by atoms with E-state index in [1.54, 1.807) is 0 Å². The molecule has 1 aliphatic rings. The molecular formula is C7H12ClF6N2P. The number of rotatable bonds is 0. The van der Waals surface area contributed by atoms with Gasteiger partial charge in [-0.25, -0.2) is 4.58 Å².